The number of hydrogen-bond acceptors (Lipinski definition) is 5. The van der Waals surface area contributed by atoms with Gasteiger partial charge in [-0.1, -0.05) is 30.3 Å². The molecule has 0 aromatic heterocycles. The van der Waals surface area contributed by atoms with Gasteiger partial charge in [0.05, 0.1) is 12.8 Å². The predicted octanol–water partition coefficient (Wildman–Crippen LogP) is 1.56. The standard InChI is InChI=1S/C18H19N3O4/c1-2-25-16-10-14(8-9-15(16)22)12-20-21-18(24)17(23)19-11-13-6-4-3-5-7-13/h3-10,12,22H,2,11H2,1H3,(H,19,23)(H,21,24)/b20-12-. The zero-order valence-corrected chi connectivity index (χ0v) is 13.7. The van der Waals surface area contributed by atoms with Crippen LogP contribution in [-0.4, -0.2) is 29.7 Å². The Bertz CT molecular complexity index is 760. The van der Waals surface area contributed by atoms with Crippen LogP contribution >= 0.6 is 0 Å². The number of carbonyl (C=O) groups excluding carboxylic acids is 2. The summed E-state index contributed by atoms with van der Waals surface area (Å²) in [5, 5.41) is 15.8. The second-order valence-corrected chi connectivity index (χ2v) is 5.03. The number of nitrogens with zero attached hydrogens (tertiary/aromatic N) is 1. The van der Waals surface area contributed by atoms with Gasteiger partial charge in [-0.15, -0.1) is 0 Å². The molecule has 0 radical (unpaired) electrons. The first kappa shape index (κ1) is 18.0. The van der Waals surface area contributed by atoms with Crippen LogP contribution in [0.25, 0.3) is 0 Å². The van der Waals surface area contributed by atoms with E-state index in [-0.39, 0.29) is 12.3 Å². The molecule has 25 heavy (non-hydrogen) atoms. The number of hydrogen-bond donors (Lipinski definition) is 3. The van der Waals surface area contributed by atoms with E-state index in [1.54, 1.807) is 19.1 Å². The van der Waals surface area contributed by atoms with Crippen molar-refractivity contribution in [1.29, 1.82) is 0 Å². The summed E-state index contributed by atoms with van der Waals surface area (Å²) >= 11 is 0. The van der Waals surface area contributed by atoms with Crippen molar-refractivity contribution < 1.29 is 19.4 Å². The van der Waals surface area contributed by atoms with Gasteiger partial charge in [0.1, 0.15) is 0 Å². The van der Waals surface area contributed by atoms with Crippen LogP contribution in [-0.2, 0) is 16.1 Å². The molecule has 7 nitrogen and oxygen atoms in total. The highest BCUT2D eigenvalue weighted by atomic mass is 16.5. The molecule has 0 saturated heterocycles. The fourth-order valence-electron chi connectivity index (χ4n) is 1.96. The van der Waals surface area contributed by atoms with Crippen LogP contribution in [0, 0.1) is 0 Å². The van der Waals surface area contributed by atoms with E-state index in [0.717, 1.165) is 5.56 Å². The molecular weight excluding hydrogens is 322 g/mol. The van der Waals surface area contributed by atoms with E-state index in [9.17, 15) is 14.7 Å². The molecular formula is C18H19N3O4. The Balaban J connectivity index is 1.85. The summed E-state index contributed by atoms with van der Waals surface area (Å²) in [5.74, 6) is -1.31. The molecule has 2 aromatic carbocycles. The Morgan fingerprint density at radius 3 is 2.64 bits per heavy atom. The topological polar surface area (TPSA) is 100 Å². The van der Waals surface area contributed by atoms with Gasteiger partial charge in [-0.25, -0.2) is 5.43 Å². The third-order valence-electron chi connectivity index (χ3n) is 3.17. The lowest BCUT2D eigenvalue weighted by molar-refractivity contribution is -0.139. The smallest absolute Gasteiger partial charge is 0.329 e. The van der Waals surface area contributed by atoms with E-state index in [1.807, 2.05) is 30.3 Å². The molecule has 0 aliphatic heterocycles. The number of rotatable bonds is 6. The minimum absolute atomic E-state index is 0.0170. The van der Waals surface area contributed by atoms with Gasteiger partial charge in [0.2, 0.25) is 0 Å². The molecule has 7 heteroatoms. The average Bonchev–Trinajstić information content (AvgIpc) is 2.63. The highest BCUT2D eigenvalue weighted by Crippen LogP contribution is 2.26. The summed E-state index contributed by atoms with van der Waals surface area (Å²) in [7, 11) is 0. The van der Waals surface area contributed by atoms with Crippen molar-refractivity contribution in [3.05, 3.63) is 59.7 Å². The monoisotopic (exact) mass is 341 g/mol. The van der Waals surface area contributed by atoms with Gasteiger partial charge in [0, 0.05) is 6.54 Å². The molecule has 0 fully saturated rings. The molecule has 0 atom stereocenters. The van der Waals surface area contributed by atoms with E-state index >= 15 is 0 Å². The lowest BCUT2D eigenvalue weighted by Crippen LogP contribution is -2.37. The molecule has 0 bridgehead atoms. The van der Waals surface area contributed by atoms with E-state index in [2.05, 4.69) is 15.8 Å². The van der Waals surface area contributed by atoms with Crippen LogP contribution in [0.4, 0.5) is 0 Å². The number of amides is 2. The van der Waals surface area contributed by atoms with E-state index < -0.39 is 11.8 Å². The Morgan fingerprint density at radius 1 is 1.16 bits per heavy atom. The molecule has 0 saturated carbocycles. The molecule has 3 N–H and O–H groups in total. The van der Waals surface area contributed by atoms with Crippen LogP contribution < -0.4 is 15.5 Å². The van der Waals surface area contributed by atoms with Gasteiger partial charge < -0.3 is 15.2 Å². The minimum atomic E-state index is -0.865. The maximum absolute atomic E-state index is 11.7. The average molecular weight is 341 g/mol. The molecule has 0 heterocycles. The van der Waals surface area contributed by atoms with Gasteiger partial charge in [-0.2, -0.15) is 5.10 Å². The number of phenols is 1. The molecule has 130 valence electrons. The van der Waals surface area contributed by atoms with Crippen molar-refractivity contribution in [1.82, 2.24) is 10.7 Å². The number of nitrogens with one attached hydrogen (secondary N) is 2. The number of benzene rings is 2. The molecule has 0 aliphatic rings. The maximum atomic E-state index is 11.7. The molecule has 2 rings (SSSR count). The SMILES string of the molecule is CCOc1cc(/C=N\NC(=O)C(=O)NCc2ccccc2)ccc1O. The summed E-state index contributed by atoms with van der Waals surface area (Å²) in [6.45, 7) is 2.47. The van der Waals surface area contributed by atoms with Crippen molar-refractivity contribution in [2.45, 2.75) is 13.5 Å². The first-order chi connectivity index (χ1) is 12.1. The predicted molar refractivity (Wildman–Crippen MR) is 93.3 cm³/mol. The van der Waals surface area contributed by atoms with Gasteiger partial charge in [-0.05, 0) is 36.2 Å². The fourth-order valence-corrected chi connectivity index (χ4v) is 1.96. The highest BCUT2D eigenvalue weighted by molar-refractivity contribution is 6.35. The summed E-state index contributed by atoms with van der Waals surface area (Å²) in [4.78, 5) is 23.4. The van der Waals surface area contributed by atoms with Gasteiger partial charge >= 0.3 is 11.8 Å². The van der Waals surface area contributed by atoms with E-state index in [1.165, 1.54) is 12.3 Å². The first-order valence-electron chi connectivity index (χ1n) is 7.71. The Kier molecular flexibility index (Phi) is 6.53. The normalized spacial score (nSPS) is 10.4. The third kappa shape index (κ3) is 5.65. The van der Waals surface area contributed by atoms with E-state index in [0.29, 0.717) is 17.9 Å². The largest absolute Gasteiger partial charge is 0.504 e. The third-order valence-corrected chi connectivity index (χ3v) is 3.17. The van der Waals surface area contributed by atoms with Crippen molar-refractivity contribution in [3.8, 4) is 11.5 Å². The number of hydrazone groups is 1. The van der Waals surface area contributed by atoms with Crippen molar-refractivity contribution in [3.63, 3.8) is 0 Å². The van der Waals surface area contributed by atoms with Crippen LogP contribution in [0.3, 0.4) is 0 Å². The lowest BCUT2D eigenvalue weighted by atomic mass is 10.2. The Hall–Kier alpha value is -3.35. The number of phenolic OH excluding ortho intramolecular Hbond substituents is 1. The maximum Gasteiger partial charge on any atom is 0.329 e. The Morgan fingerprint density at radius 2 is 1.92 bits per heavy atom. The summed E-state index contributed by atoms with van der Waals surface area (Å²) in [5.41, 5.74) is 3.64. The zero-order valence-electron chi connectivity index (χ0n) is 13.7. The minimum Gasteiger partial charge on any atom is -0.504 e. The summed E-state index contributed by atoms with van der Waals surface area (Å²) in [6.07, 6.45) is 1.35. The van der Waals surface area contributed by atoms with Crippen LogP contribution in [0.2, 0.25) is 0 Å². The summed E-state index contributed by atoms with van der Waals surface area (Å²) < 4.78 is 5.25. The van der Waals surface area contributed by atoms with Crippen LogP contribution in [0.1, 0.15) is 18.1 Å². The van der Waals surface area contributed by atoms with Crippen molar-refractivity contribution in [2.75, 3.05) is 6.61 Å². The number of carbonyl (C=O) groups is 2. The second-order valence-electron chi connectivity index (χ2n) is 5.03. The molecule has 0 spiro atoms. The van der Waals surface area contributed by atoms with Crippen LogP contribution in [0.5, 0.6) is 11.5 Å². The molecule has 2 aromatic rings. The first-order valence-corrected chi connectivity index (χ1v) is 7.71. The molecule has 0 unspecified atom stereocenters. The quantitative estimate of drug-likeness (QED) is 0.422. The van der Waals surface area contributed by atoms with Crippen molar-refractivity contribution in [2.24, 2.45) is 5.10 Å². The van der Waals surface area contributed by atoms with Gasteiger partial charge in [-0.3, -0.25) is 9.59 Å². The zero-order chi connectivity index (χ0) is 18.1. The van der Waals surface area contributed by atoms with Gasteiger partial charge in [0.25, 0.3) is 0 Å². The molecule has 2 amide bonds. The van der Waals surface area contributed by atoms with E-state index in [4.69, 9.17) is 4.74 Å². The number of ether oxygens (including phenoxy) is 1. The second kappa shape index (κ2) is 9.07. The Labute approximate surface area is 145 Å². The molecule has 0 aliphatic carbocycles. The van der Waals surface area contributed by atoms with Crippen LogP contribution in [0.15, 0.2) is 53.6 Å². The lowest BCUT2D eigenvalue weighted by Gasteiger charge is -2.06. The summed E-state index contributed by atoms with van der Waals surface area (Å²) in [6, 6.07) is 13.9. The highest BCUT2D eigenvalue weighted by Gasteiger charge is 2.11. The van der Waals surface area contributed by atoms with Gasteiger partial charge in [0.15, 0.2) is 11.5 Å². The fraction of sp³-hybridized carbons (Fsp3) is 0.167. The van der Waals surface area contributed by atoms with Crippen molar-refractivity contribution >= 4 is 18.0 Å². The number of aromatic hydroxyl groups is 1.